The van der Waals surface area contributed by atoms with Crippen LogP contribution in [0, 0.1) is 17.8 Å². The van der Waals surface area contributed by atoms with E-state index in [0.29, 0.717) is 30.8 Å². The molecule has 1 aliphatic heterocycles. The number of piperidine rings is 1. The lowest BCUT2D eigenvalue weighted by molar-refractivity contribution is -0.151. The van der Waals surface area contributed by atoms with E-state index in [4.69, 9.17) is 4.74 Å². The number of nitrogens with one attached hydrogen (secondary N) is 3. The number of aliphatic carboxylic acids is 1. The zero-order valence-electron chi connectivity index (χ0n) is 35.6. The molecule has 0 saturated carbocycles. The van der Waals surface area contributed by atoms with Crippen molar-refractivity contribution < 1.29 is 38.6 Å². The molecular formula is C43H66N6O8S. The highest BCUT2D eigenvalue weighted by Crippen LogP contribution is 2.32. The number of hydrogen-bond acceptors (Lipinski definition) is 10. The highest BCUT2D eigenvalue weighted by atomic mass is 32.1. The fourth-order valence-corrected chi connectivity index (χ4v) is 8.13. The van der Waals surface area contributed by atoms with Crippen molar-refractivity contribution in [3.05, 3.63) is 52.0 Å². The number of esters is 1. The van der Waals surface area contributed by atoms with Crippen molar-refractivity contribution in [2.75, 3.05) is 26.7 Å². The third-order valence-corrected chi connectivity index (χ3v) is 11.9. The third-order valence-electron chi connectivity index (χ3n) is 11.0. The Morgan fingerprint density at radius 2 is 1.72 bits per heavy atom. The van der Waals surface area contributed by atoms with Gasteiger partial charge in [-0.1, -0.05) is 91.1 Å². The number of hydrogen-bond donors (Lipinski definition) is 4. The topological polar surface area (TPSA) is 187 Å². The summed E-state index contributed by atoms with van der Waals surface area (Å²) < 4.78 is 5.85. The molecule has 4 amide bonds. The number of aromatic nitrogens is 1. The van der Waals surface area contributed by atoms with Crippen LogP contribution in [0.3, 0.4) is 0 Å². The SMILES string of the molecule is CCCCNC(=O)CN(C(=O)[C@@H](NC(=O)[C@H]1CCCCN1C)[C@@H](C)CC)[C@@H](C[C@@H](OC(C)=O)c1nc(C(=O)N[C@H](Cc2ccccc2)C[C@H](C)C(=O)O)cs1)C(C)C. The fourth-order valence-electron chi connectivity index (χ4n) is 7.29. The van der Waals surface area contributed by atoms with Crippen molar-refractivity contribution in [1.29, 1.82) is 0 Å². The molecule has 1 aromatic heterocycles. The average Bonchev–Trinajstić information content (AvgIpc) is 3.68. The van der Waals surface area contributed by atoms with Gasteiger partial charge >= 0.3 is 11.9 Å². The molecule has 1 saturated heterocycles. The first-order valence-corrected chi connectivity index (χ1v) is 21.7. The lowest BCUT2D eigenvalue weighted by Crippen LogP contribution is -2.60. The summed E-state index contributed by atoms with van der Waals surface area (Å²) in [5.74, 6) is -4.20. The molecule has 0 aliphatic carbocycles. The normalized spacial score (nSPS) is 17.6. The standard InChI is InChI=1S/C43H66N6O8S/c1-9-11-20-44-37(51)25-49(42(54)38(28(5)10-2)47-40(53)34-19-15-16-21-48(34)8)35(27(3)4)24-36(57-30(7)50)41-46-33(26-58-41)39(52)45-32(22-29(6)43(55)56)23-31-17-13-12-14-18-31/h12-14,17-18,26-29,32,34-36,38H,9-11,15-16,19-25H2,1-8H3,(H,44,51)(H,45,52)(H,47,53)(H,55,56)/t28-,29-,32-,34+,35-,36+,38-/m0/s1. The molecule has 0 radical (unpaired) electrons. The lowest BCUT2D eigenvalue weighted by atomic mass is 9.92. The number of benzene rings is 1. The highest BCUT2D eigenvalue weighted by molar-refractivity contribution is 7.09. The zero-order chi connectivity index (χ0) is 42.9. The van der Waals surface area contributed by atoms with Crippen LogP contribution in [0.4, 0.5) is 0 Å². The molecule has 1 fully saturated rings. The maximum atomic E-state index is 14.8. The van der Waals surface area contributed by atoms with Gasteiger partial charge in [0, 0.05) is 37.4 Å². The summed E-state index contributed by atoms with van der Waals surface area (Å²) in [4.78, 5) is 88.2. The first kappa shape index (κ1) is 48.0. The van der Waals surface area contributed by atoms with Crippen molar-refractivity contribution >= 4 is 46.9 Å². The molecule has 322 valence electrons. The first-order chi connectivity index (χ1) is 27.6. The molecule has 1 aromatic carbocycles. The predicted octanol–water partition coefficient (Wildman–Crippen LogP) is 5.37. The molecule has 2 heterocycles. The number of rotatable bonds is 23. The average molecular weight is 827 g/mol. The van der Waals surface area contributed by atoms with Gasteiger partial charge in [0.1, 0.15) is 16.7 Å². The van der Waals surface area contributed by atoms with Crippen LogP contribution >= 0.6 is 11.3 Å². The number of carboxylic acid groups (broad SMARTS) is 1. The monoisotopic (exact) mass is 826 g/mol. The second-order valence-corrected chi connectivity index (χ2v) is 17.0. The lowest BCUT2D eigenvalue weighted by Gasteiger charge is -2.39. The molecule has 0 spiro atoms. The van der Waals surface area contributed by atoms with Gasteiger partial charge in [-0.05, 0) is 63.1 Å². The molecule has 2 aromatic rings. The largest absolute Gasteiger partial charge is 0.481 e. The molecular weight excluding hydrogens is 761 g/mol. The number of amides is 4. The molecule has 14 nitrogen and oxygen atoms in total. The Balaban J connectivity index is 1.96. The van der Waals surface area contributed by atoms with E-state index in [1.54, 1.807) is 12.3 Å². The Morgan fingerprint density at radius 1 is 1.02 bits per heavy atom. The van der Waals surface area contributed by atoms with Gasteiger partial charge < -0.3 is 30.7 Å². The minimum atomic E-state index is -0.977. The molecule has 4 N–H and O–H groups in total. The number of carbonyl (C=O) groups is 6. The Hall–Kier alpha value is -4.37. The van der Waals surface area contributed by atoms with E-state index in [2.05, 4.69) is 20.9 Å². The first-order valence-electron chi connectivity index (χ1n) is 20.8. The number of likely N-dealkylation sites (tertiary alicyclic amines) is 1. The third kappa shape index (κ3) is 14.8. The van der Waals surface area contributed by atoms with Gasteiger partial charge in [-0.3, -0.25) is 33.7 Å². The van der Waals surface area contributed by atoms with Crippen LogP contribution in [0.5, 0.6) is 0 Å². The number of nitrogens with zero attached hydrogens (tertiary/aromatic N) is 3. The minimum absolute atomic E-state index is 0.0685. The molecule has 15 heteroatoms. The number of unbranched alkanes of at least 4 members (excludes halogenated alkanes) is 1. The van der Waals surface area contributed by atoms with E-state index in [9.17, 15) is 33.9 Å². The van der Waals surface area contributed by atoms with E-state index in [-0.39, 0.29) is 54.8 Å². The molecule has 3 rings (SSSR count). The Kier molecular flexibility index (Phi) is 19.8. The number of ether oxygens (including phenoxy) is 1. The van der Waals surface area contributed by atoms with Crippen molar-refractivity contribution in [2.24, 2.45) is 17.8 Å². The van der Waals surface area contributed by atoms with E-state index in [0.717, 1.165) is 49.1 Å². The van der Waals surface area contributed by atoms with Gasteiger partial charge in [0.15, 0.2) is 6.10 Å². The van der Waals surface area contributed by atoms with Crippen molar-refractivity contribution in [3.63, 3.8) is 0 Å². The quantitative estimate of drug-likeness (QED) is 0.0838. The van der Waals surface area contributed by atoms with Crippen LogP contribution < -0.4 is 16.0 Å². The summed E-state index contributed by atoms with van der Waals surface area (Å²) in [6.45, 7) is 13.6. The van der Waals surface area contributed by atoms with E-state index >= 15 is 0 Å². The predicted molar refractivity (Wildman–Crippen MR) is 224 cm³/mol. The van der Waals surface area contributed by atoms with Gasteiger partial charge in [-0.2, -0.15) is 0 Å². The van der Waals surface area contributed by atoms with Crippen LogP contribution in [0.2, 0.25) is 0 Å². The van der Waals surface area contributed by atoms with Crippen molar-refractivity contribution in [2.45, 2.75) is 137 Å². The van der Waals surface area contributed by atoms with E-state index < -0.39 is 53.9 Å². The minimum Gasteiger partial charge on any atom is -0.481 e. The second-order valence-electron chi connectivity index (χ2n) is 16.1. The zero-order valence-corrected chi connectivity index (χ0v) is 36.4. The van der Waals surface area contributed by atoms with Crippen LogP contribution in [-0.2, 0) is 35.1 Å². The number of carboxylic acids is 1. The highest BCUT2D eigenvalue weighted by Gasteiger charge is 2.39. The summed E-state index contributed by atoms with van der Waals surface area (Å²) in [5, 5.41) is 20.5. The maximum Gasteiger partial charge on any atom is 0.306 e. The summed E-state index contributed by atoms with van der Waals surface area (Å²) >= 11 is 1.13. The Labute approximate surface area is 348 Å². The van der Waals surface area contributed by atoms with Crippen LogP contribution in [0.15, 0.2) is 35.7 Å². The van der Waals surface area contributed by atoms with E-state index in [1.807, 2.05) is 76.9 Å². The Morgan fingerprint density at radius 3 is 2.33 bits per heavy atom. The molecule has 0 unspecified atom stereocenters. The van der Waals surface area contributed by atoms with Gasteiger partial charge in [0.05, 0.1) is 18.5 Å². The molecule has 58 heavy (non-hydrogen) atoms. The fraction of sp³-hybridized carbons (Fsp3) is 0.651. The smallest absolute Gasteiger partial charge is 0.306 e. The van der Waals surface area contributed by atoms with Crippen LogP contribution in [0.1, 0.15) is 127 Å². The summed E-state index contributed by atoms with van der Waals surface area (Å²) in [6.07, 6.45) is 4.56. The van der Waals surface area contributed by atoms with E-state index in [1.165, 1.54) is 11.8 Å². The summed E-state index contributed by atoms with van der Waals surface area (Å²) in [7, 11) is 1.91. The van der Waals surface area contributed by atoms with Gasteiger partial charge in [-0.15, -0.1) is 11.3 Å². The molecule has 1 aliphatic rings. The van der Waals surface area contributed by atoms with Crippen LogP contribution in [-0.4, -0.2) is 106 Å². The number of likely N-dealkylation sites (N-methyl/N-ethyl adjacent to an activating group) is 1. The molecule has 7 atom stereocenters. The number of thiazole rings is 1. The van der Waals surface area contributed by atoms with Crippen molar-refractivity contribution in [1.82, 2.24) is 30.7 Å². The van der Waals surface area contributed by atoms with Gasteiger partial charge in [-0.25, -0.2) is 4.98 Å². The van der Waals surface area contributed by atoms with Crippen molar-refractivity contribution in [3.8, 4) is 0 Å². The maximum absolute atomic E-state index is 14.8. The summed E-state index contributed by atoms with van der Waals surface area (Å²) in [6, 6.07) is 7.05. The summed E-state index contributed by atoms with van der Waals surface area (Å²) in [5.41, 5.74) is 1.02. The van der Waals surface area contributed by atoms with Gasteiger partial charge in [0.2, 0.25) is 17.7 Å². The number of carbonyl (C=O) groups excluding carboxylic acids is 5. The second kappa shape index (κ2) is 23.9. The molecule has 0 bridgehead atoms. The van der Waals surface area contributed by atoms with Gasteiger partial charge in [0.25, 0.3) is 5.91 Å². The Bertz CT molecular complexity index is 1650. The van der Waals surface area contributed by atoms with Crippen LogP contribution in [0.25, 0.3) is 0 Å².